The van der Waals surface area contributed by atoms with Gasteiger partial charge in [0.2, 0.25) is 0 Å². The van der Waals surface area contributed by atoms with Crippen LogP contribution in [0.2, 0.25) is 0 Å². The lowest BCUT2D eigenvalue weighted by atomic mass is 9.76. The van der Waals surface area contributed by atoms with Crippen molar-refractivity contribution in [1.82, 2.24) is 0 Å². The van der Waals surface area contributed by atoms with Crippen LogP contribution >= 0.6 is 0 Å². The molecule has 0 aromatic heterocycles. The van der Waals surface area contributed by atoms with E-state index in [1.807, 2.05) is 0 Å². The molecule has 0 amide bonds. The van der Waals surface area contributed by atoms with E-state index < -0.39 is 12.2 Å². The number of hydrogen-bond acceptors (Lipinski definition) is 2. The van der Waals surface area contributed by atoms with E-state index in [0.717, 1.165) is 19.3 Å². The third kappa shape index (κ3) is 1.94. The van der Waals surface area contributed by atoms with Crippen molar-refractivity contribution >= 4 is 0 Å². The zero-order valence-electron chi connectivity index (χ0n) is 7.33. The molecule has 1 saturated carbocycles. The van der Waals surface area contributed by atoms with Crippen molar-refractivity contribution in [3.63, 3.8) is 0 Å². The van der Waals surface area contributed by atoms with Gasteiger partial charge in [-0.3, -0.25) is 0 Å². The second-order valence-electron chi connectivity index (χ2n) is 3.75. The molecule has 0 bridgehead atoms. The van der Waals surface area contributed by atoms with Crippen LogP contribution in [-0.2, 0) is 0 Å². The quantitative estimate of drug-likeness (QED) is 0.601. The molecule has 2 nitrogen and oxygen atoms in total. The van der Waals surface area contributed by atoms with Gasteiger partial charge in [0.1, 0.15) is 0 Å². The Balaban J connectivity index is 2.48. The van der Waals surface area contributed by atoms with Gasteiger partial charge in [-0.2, -0.15) is 0 Å². The Morgan fingerprint density at radius 2 is 1.73 bits per heavy atom. The molecule has 0 aliphatic heterocycles. The zero-order valence-corrected chi connectivity index (χ0v) is 7.33. The molecule has 1 aliphatic rings. The van der Waals surface area contributed by atoms with Crippen molar-refractivity contribution in [2.24, 2.45) is 11.8 Å². The van der Waals surface area contributed by atoms with Crippen LogP contribution in [0.4, 0.5) is 0 Å². The van der Waals surface area contributed by atoms with E-state index in [2.05, 4.69) is 13.8 Å². The largest absolute Gasteiger partial charge is 0.390 e. The standard InChI is InChI=1S/C9H18O2/c1-3-7-5-9(11)8(10)4-6(7)2/h6-11H,3-5H2,1-2H3/t6-,7-,8-,9-/m0/s1. The molecule has 1 fully saturated rings. The molecule has 0 aromatic carbocycles. The Morgan fingerprint density at radius 3 is 2.27 bits per heavy atom. The summed E-state index contributed by atoms with van der Waals surface area (Å²) in [6, 6.07) is 0. The van der Waals surface area contributed by atoms with Crippen molar-refractivity contribution < 1.29 is 10.2 Å². The summed E-state index contributed by atoms with van der Waals surface area (Å²) in [6.45, 7) is 4.30. The predicted octanol–water partition coefficient (Wildman–Crippen LogP) is 1.16. The van der Waals surface area contributed by atoms with Crippen LogP contribution in [-0.4, -0.2) is 22.4 Å². The predicted molar refractivity (Wildman–Crippen MR) is 44.2 cm³/mol. The van der Waals surface area contributed by atoms with E-state index in [-0.39, 0.29) is 0 Å². The summed E-state index contributed by atoms with van der Waals surface area (Å²) in [5, 5.41) is 18.7. The van der Waals surface area contributed by atoms with Gasteiger partial charge in [0.25, 0.3) is 0 Å². The average Bonchev–Trinajstić information content (AvgIpc) is 1.97. The highest BCUT2D eigenvalue weighted by Gasteiger charge is 2.31. The van der Waals surface area contributed by atoms with Crippen molar-refractivity contribution in [2.75, 3.05) is 0 Å². The molecule has 2 N–H and O–H groups in total. The lowest BCUT2D eigenvalue weighted by Gasteiger charge is -2.34. The van der Waals surface area contributed by atoms with Gasteiger partial charge < -0.3 is 10.2 Å². The van der Waals surface area contributed by atoms with E-state index in [0.29, 0.717) is 11.8 Å². The smallest absolute Gasteiger partial charge is 0.0802 e. The Labute approximate surface area is 68.2 Å². The topological polar surface area (TPSA) is 40.5 Å². The summed E-state index contributed by atoms with van der Waals surface area (Å²) in [4.78, 5) is 0. The van der Waals surface area contributed by atoms with Gasteiger partial charge in [0, 0.05) is 0 Å². The second kappa shape index (κ2) is 3.55. The highest BCUT2D eigenvalue weighted by atomic mass is 16.3. The molecule has 0 saturated heterocycles. The summed E-state index contributed by atoms with van der Waals surface area (Å²) in [5.74, 6) is 1.17. The maximum absolute atomic E-state index is 9.35. The number of aliphatic hydroxyl groups excluding tert-OH is 2. The van der Waals surface area contributed by atoms with Crippen molar-refractivity contribution in [3.8, 4) is 0 Å². The summed E-state index contributed by atoms with van der Waals surface area (Å²) >= 11 is 0. The maximum Gasteiger partial charge on any atom is 0.0802 e. The molecule has 1 rings (SSSR count). The Bertz CT molecular complexity index is 125. The third-order valence-corrected chi connectivity index (χ3v) is 2.93. The first-order valence-electron chi connectivity index (χ1n) is 4.51. The second-order valence-corrected chi connectivity index (χ2v) is 3.75. The zero-order chi connectivity index (χ0) is 8.43. The summed E-state index contributed by atoms with van der Waals surface area (Å²) in [5.41, 5.74) is 0. The number of hydrogen-bond donors (Lipinski definition) is 2. The van der Waals surface area contributed by atoms with Gasteiger partial charge in [-0.05, 0) is 24.7 Å². The lowest BCUT2D eigenvalue weighted by Crippen LogP contribution is -2.37. The van der Waals surface area contributed by atoms with Crippen LogP contribution < -0.4 is 0 Å². The third-order valence-electron chi connectivity index (χ3n) is 2.93. The summed E-state index contributed by atoms with van der Waals surface area (Å²) in [6.07, 6.45) is 1.70. The fourth-order valence-corrected chi connectivity index (χ4v) is 2.00. The van der Waals surface area contributed by atoms with Gasteiger partial charge in [-0.25, -0.2) is 0 Å². The molecule has 1 aliphatic carbocycles. The highest BCUT2D eigenvalue weighted by molar-refractivity contribution is 4.82. The first kappa shape index (κ1) is 9.01. The average molecular weight is 158 g/mol. The maximum atomic E-state index is 9.35. The van der Waals surface area contributed by atoms with Crippen molar-refractivity contribution in [3.05, 3.63) is 0 Å². The highest BCUT2D eigenvalue weighted by Crippen LogP contribution is 2.31. The molecule has 11 heavy (non-hydrogen) atoms. The summed E-state index contributed by atoms with van der Waals surface area (Å²) in [7, 11) is 0. The monoisotopic (exact) mass is 158 g/mol. The minimum Gasteiger partial charge on any atom is -0.390 e. The Hall–Kier alpha value is -0.0800. The van der Waals surface area contributed by atoms with Crippen LogP contribution in [0, 0.1) is 11.8 Å². The van der Waals surface area contributed by atoms with E-state index in [4.69, 9.17) is 0 Å². The van der Waals surface area contributed by atoms with E-state index in [1.165, 1.54) is 0 Å². The van der Waals surface area contributed by atoms with Crippen molar-refractivity contribution in [1.29, 1.82) is 0 Å². The van der Waals surface area contributed by atoms with Gasteiger partial charge >= 0.3 is 0 Å². The first-order chi connectivity index (χ1) is 5.15. The minimum atomic E-state index is -0.479. The minimum absolute atomic E-state index is 0.476. The van der Waals surface area contributed by atoms with Crippen LogP contribution in [0.15, 0.2) is 0 Å². The lowest BCUT2D eigenvalue weighted by molar-refractivity contribution is -0.0447. The fraction of sp³-hybridized carbons (Fsp3) is 1.00. The van der Waals surface area contributed by atoms with Crippen LogP contribution in [0.25, 0.3) is 0 Å². The number of rotatable bonds is 1. The Morgan fingerprint density at radius 1 is 1.18 bits per heavy atom. The molecule has 0 unspecified atom stereocenters. The van der Waals surface area contributed by atoms with Crippen LogP contribution in [0.5, 0.6) is 0 Å². The van der Waals surface area contributed by atoms with Crippen molar-refractivity contribution in [2.45, 2.75) is 45.3 Å². The molecular formula is C9H18O2. The Kier molecular flexibility index (Phi) is 2.90. The molecule has 66 valence electrons. The molecule has 0 heterocycles. The SMILES string of the molecule is CC[C@H]1C[C@H](O)[C@@H](O)C[C@@H]1C. The van der Waals surface area contributed by atoms with Crippen LogP contribution in [0.1, 0.15) is 33.1 Å². The molecule has 2 heteroatoms. The molecule has 0 aromatic rings. The molecular weight excluding hydrogens is 140 g/mol. The fourth-order valence-electron chi connectivity index (χ4n) is 2.00. The first-order valence-corrected chi connectivity index (χ1v) is 4.51. The molecule has 0 radical (unpaired) electrons. The van der Waals surface area contributed by atoms with Gasteiger partial charge in [0.15, 0.2) is 0 Å². The van der Waals surface area contributed by atoms with Gasteiger partial charge in [-0.15, -0.1) is 0 Å². The summed E-state index contributed by atoms with van der Waals surface area (Å²) < 4.78 is 0. The van der Waals surface area contributed by atoms with E-state index in [1.54, 1.807) is 0 Å². The van der Waals surface area contributed by atoms with E-state index in [9.17, 15) is 10.2 Å². The van der Waals surface area contributed by atoms with Gasteiger partial charge in [-0.1, -0.05) is 20.3 Å². The molecule has 0 spiro atoms. The number of aliphatic hydroxyl groups is 2. The normalized spacial score (nSPS) is 45.8. The molecule has 4 atom stereocenters. The van der Waals surface area contributed by atoms with E-state index >= 15 is 0 Å². The van der Waals surface area contributed by atoms with Gasteiger partial charge in [0.05, 0.1) is 12.2 Å². The van der Waals surface area contributed by atoms with Crippen LogP contribution in [0.3, 0.4) is 0 Å².